The van der Waals surface area contributed by atoms with E-state index in [1.54, 1.807) is 24.3 Å². The highest BCUT2D eigenvalue weighted by atomic mass is 35.5. The van der Waals surface area contributed by atoms with E-state index in [-0.39, 0.29) is 18.2 Å². The first kappa shape index (κ1) is 14.7. The molecule has 1 aliphatic heterocycles. The van der Waals surface area contributed by atoms with Gasteiger partial charge in [0.25, 0.3) is 0 Å². The van der Waals surface area contributed by atoms with Crippen LogP contribution in [-0.4, -0.2) is 27.4 Å². The third kappa shape index (κ3) is 2.41. The Morgan fingerprint density at radius 2 is 1.96 bits per heavy atom. The van der Waals surface area contributed by atoms with Crippen LogP contribution in [0.5, 0.6) is 0 Å². The second-order valence-electron chi connectivity index (χ2n) is 5.52. The van der Waals surface area contributed by atoms with Crippen LogP contribution in [0, 0.1) is 0 Å². The predicted molar refractivity (Wildman–Crippen MR) is 92.5 cm³/mol. The van der Waals surface area contributed by atoms with E-state index in [0.717, 1.165) is 5.52 Å². The van der Waals surface area contributed by atoms with E-state index < -0.39 is 6.04 Å². The van der Waals surface area contributed by atoms with Gasteiger partial charge in [0, 0.05) is 0 Å². The molecule has 0 saturated heterocycles. The summed E-state index contributed by atoms with van der Waals surface area (Å²) in [7, 11) is 0. The van der Waals surface area contributed by atoms with Gasteiger partial charge in [-0.1, -0.05) is 35.9 Å². The van der Waals surface area contributed by atoms with Gasteiger partial charge in [-0.2, -0.15) is 0 Å². The van der Waals surface area contributed by atoms with Crippen LogP contribution in [0.3, 0.4) is 0 Å². The molecule has 3 aromatic rings. The molecule has 0 saturated carbocycles. The number of fused-ring (bicyclic) bond motifs is 3. The van der Waals surface area contributed by atoms with Gasteiger partial charge in [-0.25, -0.2) is 9.55 Å². The number of aromatic nitrogens is 2. The third-order valence-electron chi connectivity index (χ3n) is 3.94. The van der Waals surface area contributed by atoms with E-state index in [4.69, 9.17) is 11.6 Å². The Hall–Kier alpha value is -2.86. The molecule has 0 bridgehead atoms. The van der Waals surface area contributed by atoms with Crippen molar-refractivity contribution in [1.29, 1.82) is 0 Å². The molecule has 1 aliphatic rings. The second kappa shape index (κ2) is 5.65. The number of amides is 1. The van der Waals surface area contributed by atoms with Gasteiger partial charge in [-0.15, -0.1) is 0 Å². The van der Waals surface area contributed by atoms with Crippen LogP contribution < -0.4 is 10.6 Å². The number of carbonyl (C=O) groups excluding carboxylic acids is 2. The van der Waals surface area contributed by atoms with Crippen LogP contribution in [-0.2, 0) is 4.79 Å². The Bertz CT molecular complexity index is 966. The van der Waals surface area contributed by atoms with Crippen molar-refractivity contribution in [2.45, 2.75) is 12.5 Å². The summed E-state index contributed by atoms with van der Waals surface area (Å²) in [6.45, 7) is 0. The molecular formula is C17H13ClN4O2. The van der Waals surface area contributed by atoms with Crippen LogP contribution in [0.1, 0.15) is 11.2 Å². The van der Waals surface area contributed by atoms with Crippen molar-refractivity contribution in [2.75, 3.05) is 10.6 Å². The molecule has 4 rings (SSSR count). The lowest BCUT2D eigenvalue weighted by molar-refractivity contribution is -0.117. The molecule has 0 fully saturated rings. The molecule has 2 heterocycles. The van der Waals surface area contributed by atoms with Gasteiger partial charge in [-0.05, 0) is 24.3 Å². The average Bonchev–Trinajstić information content (AvgIpc) is 2.95. The van der Waals surface area contributed by atoms with Crippen molar-refractivity contribution in [1.82, 2.24) is 9.55 Å². The van der Waals surface area contributed by atoms with Crippen LogP contribution in [0.25, 0.3) is 11.0 Å². The van der Waals surface area contributed by atoms with E-state index >= 15 is 0 Å². The summed E-state index contributed by atoms with van der Waals surface area (Å²) in [5.41, 5.74) is 1.95. The minimum absolute atomic E-state index is 0.0453. The van der Waals surface area contributed by atoms with Gasteiger partial charge in [0.05, 0.1) is 28.2 Å². The zero-order valence-corrected chi connectivity index (χ0v) is 13.2. The predicted octanol–water partition coefficient (Wildman–Crippen LogP) is 3.15. The standard InChI is InChI=1S/C17H13ClN4O2/c18-10-5-1-2-6-11(10)19-16(24)13-9-15(23)22-14-8-4-3-7-12(14)20-17(22)21-13/h1-8,13H,9H2,(H,19,24)(H,20,21). The monoisotopic (exact) mass is 340 g/mol. The van der Waals surface area contributed by atoms with E-state index in [2.05, 4.69) is 15.6 Å². The molecule has 7 heteroatoms. The maximum atomic E-state index is 12.5. The van der Waals surface area contributed by atoms with Gasteiger partial charge >= 0.3 is 0 Å². The Morgan fingerprint density at radius 3 is 2.79 bits per heavy atom. The first-order valence-corrected chi connectivity index (χ1v) is 7.84. The smallest absolute Gasteiger partial charge is 0.247 e. The topological polar surface area (TPSA) is 76.0 Å². The Labute approximate surface area is 142 Å². The fourth-order valence-corrected chi connectivity index (χ4v) is 2.97. The van der Waals surface area contributed by atoms with Crippen LogP contribution >= 0.6 is 11.6 Å². The van der Waals surface area contributed by atoms with Crippen molar-refractivity contribution < 1.29 is 9.59 Å². The van der Waals surface area contributed by atoms with Crippen LogP contribution in [0.4, 0.5) is 11.6 Å². The SMILES string of the molecule is O=C(Nc1ccccc1Cl)C1CC(=O)n2c(nc3ccccc32)N1. The van der Waals surface area contributed by atoms with Crippen molar-refractivity contribution in [2.24, 2.45) is 0 Å². The van der Waals surface area contributed by atoms with Gasteiger partial charge in [0.2, 0.25) is 17.8 Å². The Kier molecular flexibility index (Phi) is 3.46. The highest BCUT2D eigenvalue weighted by Gasteiger charge is 2.31. The molecular weight excluding hydrogens is 328 g/mol. The van der Waals surface area contributed by atoms with E-state index in [1.165, 1.54) is 4.57 Å². The fraction of sp³-hybridized carbons (Fsp3) is 0.118. The second-order valence-corrected chi connectivity index (χ2v) is 5.93. The van der Waals surface area contributed by atoms with Crippen LogP contribution in [0.15, 0.2) is 48.5 Å². The minimum atomic E-state index is -0.696. The number of hydrogen-bond acceptors (Lipinski definition) is 4. The number of para-hydroxylation sites is 3. The molecule has 2 N–H and O–H groups in total. The molecule has 1 aromatic heterocycles. The first-order chi connectivity index (χ1) is 11.6. The molecule has 1 unspecified atom stereocenters. The molecule has 24 heavy (non-hydrogen) atoms. The number of halogens is 1. The minimum Gasteiger partial charge on any atom is -0.343 e. The lowest BCUT2D eigenvalue weighted by Gasteiger charge is -2.24. The van der Waals surface area contributed by atoms with E-state index in [1.807, 2.05) is 24.3 Å². The molecule has 120 valence electrons. The molecule has 0 spiro atoms. The Balaban J connectivity index is 1.62. The van der Waals surface area contributed by atoms with Crippen molar-refractivity contribution in [3.63, 3.8) is 0 Å². The van der Waals surface area contributed by atoms with E-state index in [9.17, 15) is 9.59 Å². The number of rotatable bonds is 2. The number of nitrogens with one attached hydrogen (secondary N) is 2. The fourth-order valence-electron chi connectivity index (χ4n) is 2.79. The molecule has 6 nitrogen and oxygen atoms in total. The zero-order chi connectivity index (χ0) is 16.7. The Morgan fingerprint density at radius 1 is 1.21 bits per heavy atom. The number of hydrogen-bond donors (Lipinski definition) is 2. The van der Waals surface area contributed by atoms with Crippen molar-refractivity contribution in [3.8, 4) is 0 Å². The number of carbonyl (C=O) groups is 2. The number of benzene rings is 2. The van der Waals surface area contributed by atoms with Gasteiger partial charge in [0.15, 0.2) is 0 Å². The third-order valence-corrected chi connectivity index (χ3v) is 4.27. The summed E-state index contributed by atoms with van der Waals surface area (Å²) in [6.07, 6.45) is 0.0453. The first-order valence-electron chi connectivity index (χ1n) is 7.46. The molecule has 0 aliphatic carbocycles. The highest BCUT2D eigenvalue weighted by molar-refractivity contribution is 6.33. The zero-order valence-electron chi connectivity index (χ0n) is 12.5. The van der Waals surface area contributed by atoms with E-state index in [0.29, 0.717) is 22.2 Å². The summed E-state index contributed by atoms with van der Waals surface area (Å²) in [6, 6.07) is 13.6. The summed E-state index contributed by atoms with van der Waals surface area (Å²) >= 11 is 6.05. The summed E-state index contributed by atoms with van der Waals surface area (Å²) < 4.78 is 1.51. The normalized spacial score (nSPS) is 16.5. The van der Waals surface area contributed by atoms with Crippen molar-refractivity contribution in [3.05, 3.63) is 53.6 Å². The number of imidazole rings is 1. The quantitative estimate of drug-likeness (QED) is 0.751. The summed E-state index contributed by atoms with van der Waals surface area (Å²) in [4.78, 5) is 29.3. The number of nitrogens with zero attached hydrogens (tertiary/aromatic N) is 2. The maximum absolute atomic E-state index is 12.5. The molecule has 2 aromatic carbocycles. The highest BCUT2D eigenvalue weighted by Crippen LogP contribution is 2.26. The number of anilines is 2. The van der Waals surface area contributed by atoms with Gasteiger partial charge < -0.3 is 10.6 Å². The lowest BCUT2D eigenvalue weighted by Crippen LogP contribution is -2.42. The largest absolute Gasteiger partial charge is 0.343 e. The lowest BCUT2D eigenvalue weighted by atomic mass is 10.1. The molecule has 1 atom stereocenters. The summed E-state index contributed by atoms with van der Waals surface area (Å²) in [5.74, 6) is -0.113. The van der Waals surface area contributed by atoms with Gasteiger partial charge in [0.1, 0.15) is 6.04 Å². The summed E-state index contributed by atoms with van der Waals surface area (Å²) in [5, 5.41) is 6.22. The molecule has 0 radical (unpaired) electrons. The van der Waals surface area contributed by atoms with Gasteiger partial charge in [-0.3, -0.25) is 9.59 Å². The average molecular weight is 341 g/mol. The molecule has 1 amide bonds. The van der Waals surface area contributed by atoms with Crippen LogP contribution in [0.2, 0.25) is 5.02 Å². The van der Waals surface area contributed by atoms with Crippen molar-refractivity contribution >= 4 is 46.1 Å². The maximum Gasteiger partial charge on any atom is 0.247 e.